The van der Waals surface area contributed by atoms with Crippen LogP contribution in [0.4, 0.5) is 5.69 Å². The van der Waals surface area contributed by atoms with Crippen LogP contribution in [-0.2, 0) is 0 Å². The summed E-state index contributed by atoms with van der Waals surface area (Å²) in [6.45, 7) is 0.299. The maximum absolute atomic E-state index is 2.38. The Labute approximate surface area is 129 Å². The smallest absolute Gasteiger partial charge is 0.313 e. The van der Waals surface area contributed by atoms with Crippen molar-refractivity contribution >= 4 is 41.6 Å². The summed E-state index contributed by atoms with van der Waals surface area (Å²) in [6.07, 6.45) is 4.52. The van der Waals surface area contributed by atoms with E-state index in [0.717, 1.165) is 0 Å². The SMILES string of the molecule is C1=Cc2ccccc2N2C=c3ccc4ccccc4c3=CB12. The Bertz CT molecular complexity index is 1050. The highest BCUT2D eigenvalue weighted by atomic mass is 15.1. The quantitative estimate of drug-likeness (QED) is 0.572. The van der Waals surface area contributed by atoms with E-state index in [4.69, 9.17) is 0 Å². The van der Waals surface area contributed by atoms with Crippen molar-refractivity contribution in [1.29, 1.82) is 0 Å². The van der Waals surface area contributed by atoms with E-state index < -0.39 is 0 Å². The first-order chi connectivity index (χ1) is 10.9. The summed E-state index contributed by atoms with van der Waals surface area (Å²) in [4.78, 5) is 2.37. The van der Waals surface area contributed by atoms with Crippen LogP contribution in [0.3, 0.4) is 0 Å². The molecule has 2 aliphatic heterocycles. The molecule has 0 spiro atoms. The molecule has 3 aromatic carbocycles. The number of anilines is 1. The average molecular weight is 279 g/mol. The molecule has 0 saturated heterocycles. The molecule has 0 aromatic heterocycles. The number of hydrogen-bond donors (Lipinski definition) is 0. The second kappa shape index (κ2) is 4.38. The summed E-state index contributed by atoms with van der Waals surface area (Å²) in [7, 11) is 0. The van der Waals surface area contributed by atoms with Gasteiger partial charge in [0.05, 0.1) is 0 Å². The standard InChI is InChI=1S/C20H14BN/c1-3-7-18-15(5-1)9-10-17-14-22-20-8-4-2-6-16(20)11-12-21(22)13-19(17)18/h1-14H. The van der Waals surface area contributed by atoms with Crippen molar-refractivity contribution in [3.63, 3.8) is 0 Å². The predicted molar refractivity (Wildman–Crippen MR) is 95.8 cm³/mol. The number of fused-ring (bicyclic) bond motifs is 6. The Kier molecular flexibility index (Phi) is 2.36. The molecule has 0 atom stereocenters. The zero-order chi connectivity index (χ0) is 14.5. The largest absolute Gasteiger partial charge is 0.383 e. The summed E-state index contributed by atoms with van der Waals surface area (Å²) >= 11 is 0. The molecular formula is C20H14BN. The third-order valence-electron chi connectivity index (χ3n) is 4.63. The molecule has 3 aromatic rings. The molecule has 2 aliphatic rings. The molecule has 0 aliphatic carbocycles. The van der Waals surface area contributed by atoms with E-state index in [0.29, 0.717) is 6.85 Å². The lowest BCUT2D eigenvalue weighted by atomic mass is 9.56. The van der Waals surface area contributed by atoms with Crippen molar-refractivity contribution in [3.8, 4) is 0 Å². The predicted octanol–water partition coefficient (Wildman–Crippen LogP) is 2.98. The van der Waals surface area contributed by atoms with E-state index in [-0.39, 0.29) is 0 Å². The van der Waals surface area contributed by atoms with Crippen LogP contribution in [0.5, 0.6) is 0 Å². The zero-order valence-corrected chi connectivity index (χ0v) is 12.1. The van der Waals surface area contributed by atoms with E-state index in [9.17, 15) is 0 Å². The molecule has 2 heteroatoms. The first-order valence-electron chi connectivity index (χ1n) is 7.67. The van der Waals surface area contributed by atoms with Crippen LogP contribution in [0, 0.1) is 0 Å². The van der Waals surface area contributed by atoms with Gasteiger partial charge in [0, 0.05) is 5.69 Å². The molecular weight excluding hydrogens is 265 g/mol. The third kappa shape index (κ3) is 1.61. The lowest BCUT2D eigenvalue weighted by molar-refractivity contribution is 1.40. The summed E-state index contributed by atoms with van der Waals surface area (Å²) in [5.41, 5.74) is 2.57. The highest BCUT2D eigenvalue weighted by Gasteiger charge is 2.24. The van der Waals surface area contributed by atoms with Gasteiger partial charge in [0.1, 0.15) is 0 Å². The number of benzene rings is 3. The molecule has 0 fully saturated rings. The fraction of sp³-hybridized carbons (Fsp3) is 0. The number of para-hydroxylation sites is 1. The Balaban J connectivity index is 1.83. The molecule has 0 N–H and O–H groups in total. The fourth-order valence-electron chi connectivity index (χ4n) is 3.54. The van der Waals surface area contributed by atoms with Gasteiger partial charge >= 0.3 is 6.85 Å². The first-order valence-corrected chi connectivity index (χ1v) is 7.67. The van der Waals surface area contributed by atoms with Crippen LogP contribution < -0.4 is 15.2 Å². The molecule has 0 saturated carbocycles. The van der Waals surface area contributed by atoms with Gasteiger partial charge < -0.3 is 4.81 Å². The van der Waals surface area contributed by atoms with Crippen LogP contribution in [0.1, 0.15) is 5.56 Å². The monoisotopic (exact) mass is 279 g/mol. The topological polar surface area (TPSA) is 3.24 Å². The van der Waals surface area contributed by atoms with E-state index >= 15 is 0 Å². The molecule has 0 unspecified atom stereocenters. The van der Waals surface area contributed by atoms with E-state index in [1.807, 2.05) is 0 Å². The molecule has 0 radical (unpaired) electrons. The van der Waals surface area contributed by atoms with Crippen molar-refractivity contribution in [1.82, 2.24) is 0 Å². The van der Waals surface area contributed by atoms with Gasteiger partial charge in [0.2, 0.25) is 0 Å². The fourth-order valence-corrected chi connectivity index (χ4v) is 3.54. The number of rotatable bonds is 0. The van der Waals surface area contributed by atoms with Gasteiger partial charge in [0.25, 0.3) is 0 Å². The van der Waals surface area contributed by atoms with Crippen molar-refractivity contribution in [2.45, 2.75) is 0 Å². The van der Waals surface area contributed by atoms with E-state index in [1.54, 1.807) is 0 Å². The summed E-state index contributed by atoms with van der Waals surface area (Å²) in [5.74, 6) is 4.66. The van der Waals surface area contributed by atoms with Crippen LogP contribution in [0.25, 0.3) is 29.0 Å². The first kappa shape index (κ1) is 11.9. The molecule has 102 valence electrons. The highest BCUT2D eigenvalue weighted by molar-refractivity contribution is 6.83. The Hall–Kier alpha value is -2.74. The van der Waals surface area contributed by atoms with Gasteiger partial charge in [-0.3, -0.25) is 0 Å². The number of hydrogen-bond acceptors (Lipinski definition) is 1. The van der Waals surface area contributed by atoms with Gasteiger partial charge in [-0.1, -0.05) is 72.6 Å². The molecule has 0 bridgehead atoms. The second-order valence-electron chi connectivity index (χ2n) is 5.90. The van der Waals surface area contributed by atoms with Crippen molar-refractivity contribution < 1.29 is 0 Å². The molecule has 22 heavy (non-hydrogen) atoms. The van der Waals surface area contributed by atoms with Crippen LogP contribution in [-0.4, -0.2) is 6.85 Å². The summed E-state index contributed by atoms with van der Waals surface area (Å²) < 4.78 is 0. The molecule has 2 heterocycles. The Morgan fingerprint density at radius 1 is 0.818 bits per heavy atom. The van der Waals surface area contributed by atoms with Gasteiger partial charge in [0.15, 0.2) is 0 Å². The Morgan fingerprint density at radius 2 is 1.68 bits per heavy atom. The van der Waals surface area contributed by atoms with E-state index in [1.165, 1.54) is 32.5 Å². The lowest BCUT2D eigenvalue weighted by Crippen LogP contribution is -2.45. The number of nitrogens with zero attached hydrogens (tertiary/aromatic N) is 1. The van der Waals surface area contributed by atoms with Gasteiger partial charge in [-0.2, -0.15) is 0 Å². The van der Waals surface area contributed by atoms with Crippen molar-refractivity contribution in [3.05, 3.63) is 82.6 Å². The third-order valence-corrected chi connectivity index (χ3v) is 4.63. The summed E-state index contributed by atoms with van der Waals surface area (Å²) in [6, 6.07) is 21.6. The molecule has 5 rings (SSSR count). The van der Waals surface area contributed by atoms with Gasteiger partial charge in [-0.05, 0) is 39.0 Å². The van der Waals surface area contributed by atoms with Crippen LogP contribution in [0.2, 0.25) is 0 Å². The minimum absolute atomic E-state index is 0.299. The molecule has 0 amide bonds. The lowest BCUT2D eigenvalue weighted by Gasteiger charge is -2.31. The van der Waals surface area contributed by atoms with Crippen molar-refractivity contribution in [2.24, 2.45) is 0 Å². The van der Waals surface area contributed by atoms with Crippen molar-refractivity contribution in [2.75, 3.05) is 4.81 Å². The Morgan fingerprint density at radius 3 is 2.68 bits per heavy atom. The normalized spacial score (nSPS) is 14.7. The minimum Gasteiger partial charge on any atom is -0.383 e. The second-order valence-corrected chi connectivity index (χ2v) is 5.90. The van der Waals surface area contributed by atoms with E-state index in [2.05, 4.69) is 89.7 Å². The minimum atomic E-state index is 0.299. The summed E-state index contributed by atoms with van der Waals surface area (Å²) in [5, 5.41) is 5.28. The highest BCUT2D eigenvalue weighted by Crippen LogP contribution is 2.28. The average Bonchev–Trinajstić information content (AvgIpc) is 2.60. The van der Waals surface area contributed by atoms with Gasteiger partial charge in [-0.15, -0.1) is 0 Å². The zero-order valence-electron chi connectivity index (χ0n) is 12.1. The van der Waals surface area contributed by atoms with Gasteiger partial charge in [-0.25, -0.2) is 0 Å². The molecule has 1 nitrogen and oxygen atoms in total. The van der Waals surface area contributed by atoms with Crippen LogP contribution in [0.15, 0.2) is 66.6 Å². The maximum atomic E-state index is 2.38. The maximum Gasteiger partial charge on any atom is 0.313 e. The van der Waals surface area contributed by atoms with Crippen LogP contribution >= 0.6 is 0 Å².